The second-order valence-corrected chi connectivity index (χ2v) is 4.59. The van der Waals surface area contributed by atoms with Crippen LogP contribution in [0.1, 0.15) is 32.2 Å². The molecule has 0 atom stereocenters. The fourth-order valence-electron chi connectivity index (χ4n) is 2.00. The number of carboxylic acids is 1. The summed E-state index contributed by atoms with van der Waals surface area (Å²) < 4.78 is 10.2. The van der Waals surface area contributed by atoms with E-state index in [0.717, 1.165) is 5.56 Å². The summed E-state index contributed by atoms with van der Waals surface area (Å²) >= 11 is 0. The van der Waals surface area contributed by atoms with Gasteiger partial charge in [0.15, 0.2) is 12.1 Å². The topological polar surface area (TPSA) is 102 Å². The van der Waals surface area contributed by atoms with E-state index in [-0.39, 0.29) is 17.2 Å². The molecule has 2 N–H and O–H groups in total. The number of hydrogen-bond acceptors (Lipinski definition) is 5. The molecule has 0 unspecified atom stereocenters. The van der Waals surface area contributed by atoms with Gasteiger partial charge in [0.1, 0.15) is 11.5 Å². The summed E-state index contributed by atoms with van der Waals surface area (Å²) in [7, 11) is 1.47. The van der Waals surface area contributed by atoms with E-state index in [1.165, 1.54) is 25.6 Å². The van der Waals surface area contributed by atoms with Crippen LogP contribution >= 0.6 is 0 Å². The molecule has 0 aliphatic carbocycles. The average Bonchev–Trinajstić information content (AvgIpc) is 2.93. The van der Waals surface area contributed by atoms with Gasteiger partial charge in [0.2, 0.25) is 0 Å². The Morgan fingerprint density at radius 2 is 2.18 bits per heavy atom. The van der Waals surface area contributed by atoms with E-state index in [2.05, 4.69) is 10.3 Å². The number of aromatic nitrogens is 1. The summed E-state index contributed by atoms with van der Waals surface area (Å²) in [5, 5.41) is 11.7. The minimum absolute atomic E-state index is 0.155. The Labute approximate surface area is 126 Å². The van der Waals surface area contributed by atoms with Gasteiger partial charge in [-0.15, -0.1) is 0 Å². The van der Waals surface area contributed by atoms with Gasteiger partial charge in [-0.1, -0.05) is 6.07 Å². The number of aryl methyl sites for hydroxylation is 1. The third kappa shape index (κ3) is 3.43. The number of aromatic carboxylic acids is 1. The number of amides is 1. The quantitative estimate of drug-likeness (QED) is 0.841. The summed E-state index contributed by atoms with van der Waals surface area (Å²) in [6.07, 6.45) is 1.73. The number of ether oxygens (including phenoxy) is 1. The molecule has 22 heavy (non-hydrogen) atoms. The van der Waals surface area contributed by atoms with Gasteiger partial charge < -0.3 is 19.6 Å². The van der Waals surface area contributed by atoms with Crippen molar-refractivity contribution in [3.63, 3.8) is 0 Å². The molecule has 0 saturated carbocycles. The van der Waals surface area contributed by atoms with Gasteiger partial charge in [-0.3, -0.25) is 4.79 Å². The summed E-state index contributed by atoms with van der Waals surface area (Å²) in [6, 6.07) is 4.64. The second-order valence-electron chi connectivity index (χ2n) is 4.59. The second kappa shape index (κ2) is 6.75. The highest BCUT2D eigenvalue weighted by molar-refractivity contribution is 5.93. The highest BCUT2D eigenvalue weighted by Crippen LogP contribution is 2.20. The lowest BCUT2D eigenvalue weighted by Crippen LogP contribution is -2.26. The maximum absolute atomic E-state index is 11.9. The van der Waals surface area contributed by atoms with E-state index in [0.29, 0.717) is 24.5 Å². The number of carbonyl (C=O) groups excluding carboxylic acids is 1. The third-order valence-corrected chi connectivity index (χ3v) is 3.17. The Morgan fingerprint density at radius 1 is 1.41 bits per heavy atom. The van der Waals surface area contributed by atoms with E-state index in [4.69, 9.17) is 14.3 Å². The fourth-order valence-corrected chi connectivity index (χ4v) is 2.00. The molecule has 0 aliphatic heterocycles. The maximum Gasteiger partial charge on any atom is 0.335 e. The zero-order valence-corrected chi connectivity index (χ0v) is 12.3. The van der Waals surface area contributed by atoms with Crippen LogP contribution in [-0.2, 0) is 6.42 Å². The van der Waals surface area contributed by atoms with Crippen molar-refractivity contribution in [2.45, 2.75) is 13.3 Å². The maximum atomic E-state index is 11.9. The van der Waals surface area contributed by atoms with Crippen molar-refractivity contribution >= 4 is 11.9 Å². The van der Waals surface area contributed by atoms with Gasteiger partial charge in [-0.25, -0.2) is 9.78 Å². The number of rotatable bonds is 6. The molecule has 2 rings (SSSR count). The van der Waals surface area contributed by atoms with Crippen molar-refractivity contribution < 1.29 is 23.8 Å². The van der Waals surface area contributed by atoms with Crippen LogP contribution in [0.25, 0.3) is 0 Å². The zero-order valence-electron chi connectivity index (χ0n) is 12.3. The minimum Gasteiger partial charge on any atom is -0.496 e. The average molecular weight is 304 g/mol. The molecule has 0 spiro atoms. The number of nitrogens with one attached hydrogen (secondary N) is 1. The van der Waals surface area contributed by atoms with E-state index in [9.17, 15) is 9.59 Å². The Hall–Kier alpha value is -2.83. The van der Waals surface area contributed by atoms with Gasteiger partial charge in [0.05, 0.1) is 12.7 Å². The largest absolute Gasteiger partial charge is 0.496 e. The van der Waals surface area contributed by atoms with Gasteiger partial charge in [-0.05, 0) is 31.0 Å². The van der Waals surface area contributed by atoms with Crippen LogP contribution in [0.3, 0.4) is 0 Å². The molecule has 0 radical (unpaired) electrons. The van der Waals surface area contributed by atoms with Crippen molar-refractivity contribution in [3.8, 4) is 5.75 Å². The van der Waals surface area contributed by atoms with E-state index in [1.807, 2.05) is 0 Å². The number of carbonyl (C=O) groups is 2. The smallest absolute Gasteiger partial charge is 0.335 e. The van der Waals surface area contributed by atoms with Crippen LogP contribution < -0.4 is 10.1 Å². The normalized spacial score (nSPS) is 10.3. The van der Waals surface area contributed by atoms with Crippen molar-refractivity contribution in [2.75, 3.05) is 13.7 Å². The first kappa shape index (κ1) is 15.6. The molecule has 2 aromatic rings. The Morgan fingerprint density at radius 3 is 2.77 bits per heavy atom. The van der Waals surface area contributed by atoms with Crippen LogP contribution in [-0.4, -0.2) is 35.6 Å². The van der Waals surface area contributed by atoms with Crippen LogP contribution in [0.2, 0.25) is 0 Å². The summed E-state index contributed by atoms with van der Waals surface area (Å²) in [5.74, 6) is -0.389. The number of benzene rings is 1. The highest BCUT2D eigenvalue weighted by atomic mass is 16.5. The molecule has 116 valence electrons. The summed E-state index contributed by atoms with van der Waals surface area (Å²) in [4.78, 5) is 26.6. The lowest BCUT2D eigenvalue weighted by molar-refractivity contribution is 0.0696. The van der Waals surface area contributed by atoms with Crippen LogP contribution in [0.5, 0.6) is 5.75 Å². The number of nitrogens with zero attached hydrogens (tertiary/aromatic N) is 1. The molecule has 1 heterocycles. The summed E-state index contributed by atoms with van der Waals surface area (Å²) in [5.41, 5.74) is 1.22. The molecule has 0 saturated heterocycles. The molecule has 0 aliphatic rings. The van der Waals surface area contributed by atoms with Crippen LogP contribution in [0.15, 0.2) is 29.0 Å². The van der Waals surface area contributed by atoms with Crippen molar-refractivity contribution in [2.24, 2.45) is 0 Å². The first-order valence-corrected chi connectivity index (χ1v) is 6.61. The van der Waals surface area contributed by atoms with Gasteiger partial charge in [0.25, 0.3) is 5.91 Å². The van der Waals surface area contributed by atoms with E-state index >= 15 is 0 Å². The predicted octanol–water partition coefficient (Wildman–Crippen LogP) is 1.66. The van der Waals surface area contributed by atoms with Crippen molar-refractivity contribution in [3.05, 3.63) is 47.2 Å². The van der Waals surface area contributed by atoms with Gasteiger partial charge >= 0.3 is 5.97 Å². The van der Waals surface area contributed by atoms with Crippen molar-refractivity contribution in [1.82, 2.24) is 10.3 Å². The number of oxazole rings is 1. The minimum atomic E-state index is -1.01. The molecular formula is C15H16N2O5. The Kier molecular flexibility index (Phi) is 4.77. The van der Waals surface area contributed by atoms with Gasteiger partial charge in [-0.2, -0.15) is 0 Å². The van der Waals surface area contributed by atoms with E-state index in [1.54, 1.807) is 13.0 Å². The van der Waals surface area contributed by atoms with Crippen LogP contribution in [0.4, 0.5) is 0 Å². The number of hydrogen-bond donors (Lipinski definition) is 2. The van der Waals surface area contributed by atoms with Crippen LogP contribution in [0, 0.1) is 6.92 Å². The van der Waals surface area contributed by atoms with Crippen molar-refractivity contribution in [1.29, 1.82) is 0 Å². The standard InChI is InChI=1S/C15H16N2O5/c1-9-13(17-8-22-9)14(18)16-6-5-10-3-4-11(15(19)20)7-12(10)21-2/h3-4,7-8H,5-6H2,1-2H3,(H,16,18)(H,19,20). The molecular weight excluding hydrogens is 288 g/mol. The molecule has 0 fully saturated rings. The molecule has 1 aromatic carbocycles. The Bertz CT molecular complexity index is 693. The summed E-state index contributed by atoms with van der Waals surface area (Å²) in [6.45, 7) is 2.03. The fraction of sp³-hybridized carbons (Fsp3) is 0.267. The molecule has 7 nitrogen and oxygen atoms in total. The lowest BCUT2D eigenvalue weighted by atomic mass is 10.1. The highest BCUT2D eigenvalue weighted by Gasteiger charge is 2.13. The SMILES string of the molecule is COc1cc(C(=O)O)ccc1CCNC(=O)c1ncoc1C. The predicted molar refractivity (Wildman–Crippen MR) is 77.2 cm³/mol. The molecule has 0 bridgehead atoms. The first-order chi connectivity index (χ1) is 10.5. The molecule has 1 amide bonds. The van der Waals surface area contributed by atoms with Gasteiger partial charge in [0, 0.05) is 6.54 Å². The molecule has 1 aromatic heterocycles. The first-order valence-electron chi connectivity index (χ1n) is 6.61. The lowest BCUT2D eigenvalue weighted by Gasteiger charge is -2.10. The Balaban J connectivity index is 1.98. The molecule has 7 heteroatoms. The third-order valence-electron chi connectivity index (χ3n) is 3.17. The number of carboxylic acid groups (broad SMARTS) is 1. The monoisotopic (exact) mass is 304 g/mol. The zero-order chi connectivity index (χ0) is 16.1. The number of methoxy groups -OCH3 is 1. The van der Waals surface area contributed by atoms with E-state index < -0.39 is 5.97 Å².